The van der Waals surface area contributed by atoms with Gasteiger partial charge in [-0.25, -0.2) is 9.78 Å². The van der Waals surface area contributed by atoms with Gasteiger partial charge >= 0.3 is 5.97 Å². The summed E-state index contributed by atoms with van der Waals surface area (Å²) in [5.74, 6) is -0.654. The number of pyridine rings is 2. The largest absolute Gasteiger partial charge is 0.492 e. The molecule has 0 aliphatic rings. The van der Waals surface area contributed by atoms with Gasteiger partial charge < -0.3 is 14.7 Å². The zero-order chi connectivity index (χ0) is 22.5. The predicted octanol–water partition coefficient (Wildman–Crippen LogP) is 5.80. The summed E-state index contributed by atoms with van der Waals surface area (Å²) in [6.07, 6.45) is 2.30. The summed E-state index contributed by atoms with van der Waals surface area (Å²) in [5.41, 5.74) is 1.91. The Labute approximate surface area is 195 Å². The average Bonchev–Trinajstić information content (AvgIpc) is 2.72. The first-order valence-corrected chi connectivity index (χ1v) is 10.5. The van der Waals surface area contributed by atoms with Gasteiger partial charge in [-0.2, -0.15) is 0 Å². The van der Waals surface area contributed by atoms with E-state index in [0.717, 1.165) is 13.0 Å². The van der Waals surface area contributed by atoms with Crippen molar-refractivity contribution in [1.29, 1.82) is 0 Å². The number of carboxylic acids is 1. The lowest BCUT2D eigenvalue weighted by molar-refractivity contribution is 0.0690. The van der Waals surface area contributed by atoms with Gasteiger partial charge in [0, 0.05) is 23.9 Å². The maximum atomic E-state index is 11.5. The highest BCUT2D eigenvalue weighted by atomic mass is 35.5. The van der Waals surface area contributed by atoms with Crippen LogP contribution in [0, 0.1) is 0 Å². The molecule has 0 atom stereocenters. The maximum Gasteiger partial charge on any atom is 0.354 e. The molecule has 0 unspecified atom stereocenters. The Morgan fingerprint density at radius 2 is 1.84 bits per heavy atom. The van der Waals surface area contributed by atoms with Crippen LogP contribution in [-0.4, -0.2) is 53.2 Å². The highest BCUT2D eigenvalue weighted by Crippen LogP contribution is 2.37. The Hall–Kier alpha value is -2.38. The lowest BCUT2D eigenvalue weighted by atomic mass is 10.0. The summed E-state index contributed by atoms with van der Waals surface area (Å²) in [4.78, 5) is 22.2. The molecule has 1 N–H and O–H groups in total. The van der Waals surface area contributed by atoms with Gasteiger partial charge in [0.15, 0.2) is 0 Å². The number of rotatable bonds is 8. The van der Waals surface area contributed by atoms with Crippen molar-refractivity contribution in [2.24, 2.45) is 0 Å². The molecule has 0 bridgehead atoms. The number of carbonyl (C=O) groups is 1. The molecular weight excluding hydrogens is 461 g/mol. The second kappa shape index (κ2) is 10.3. The number of hydrogen-bond donors (Lipinski definition) is 1. The molecule has 1 aromatic carbocycles. The molecular formula is C22H20Cl3N3O3. The number of aromatic nitrogens is 2. The highest BCUT2D eigenvalue weighted by molar-refractivity contribution is 6.36. The molecule has 3 rings (SSSR count). The van der Waals surface area contributed by atoms with E-state index in [-0.39, 0.29) is 5.69 Å². The molecule has 0 fully saturated rings. The fourth-order valence-electron chi connectivity index (χ4n) is 2.93. The van der Waals surface area contributed by atoms with E-state index in [1.54, 1.807) is 30.3 Å². The van der Waals surface area contributed by atoms with Gasteiger partial charge in [-0.15, -0.1) is 0 Å². The average molecular weight is 481 g/mol. The van der Waals surface area contributed by atoms with Crippen molar-refractivity contribution in [3.63, 3.8) is 0 Å². The summed E-state index contributed by atoms with van der Waals surface area (Å²) < 4.78 is 5.85. The van der Waals surface area contributed by atoms with Crippen molar-refractivity contribution in [3.8, 4) is 28.3 Å². The van der Waals surface area contributed by atoms with Gasteiger partial charge in [0.2, 0.25) is 0 Å². The van der Waals surface area contributed by atoms with Crippen molar-refractivity contribution in [1.82, 2.24) is 14.9 Å². The van der Waals surface area contributed by atoms with Crippen molar-refractivity contribution in [2.75, 3.05) is 27.2 Å². The van der Waals surface area contributed by atoms with Crippen LogP contribution < -0.4 is 4.74 Å². The van der Waals surface area contributed by atoms with Crippen LogP contribution >= 0.6 is 34.8 Å². The zero-order valence-electron chi connectivity index (χ0n) is 16.9. The van der Waals surface area contributed by atoms with E-state index in [0.29, 0.717) is 49.9 Å². The Kier molecular flexibility index (Phi) is 7.73. The minimum absolute atomic E-state index is 0.104. The topological polar surface area (TPSA) is 75.5 Å². The molecule has 2 aromatic heterocycles. The normalized spacial score (nSPS) is 11.0. The van der Waals surface area contributed by atoms with Crippen molar-refractivity contribution < 1.29 is 14.6 Å². The van der Waals surface area contributed by atoms with Gasteiger partial charge in [-0.05, 0) is 50.8 Å². The molecule has 0 saturated carbocycles. The quantitative estimate of drug-likeness (QED) is 0.411. The number of carboxylic acid groups (broad SMARTS) is 1. The van der Waals surface area contributed by atoms with E-state index in [2.05, 4.69) is 14.9 Å². The number of halogens is 3. The molecule has 0 spiro atoms. The molecule has 9 heteroatoms. The molecule has 0 aliphatic heterocycles. The summed E-state index contributed by atoms with van der Waals surface area (Å²) in [7, 11) is 3.98. The van der Waals surface area contributed by atoms with E-state index in [4.69, 9.17) is 39.5 Å². The van der Waals surface area contributed by atoms with Crippen LogP contribution in [0.2, 0.25) is 15.1 Å². The van der Waals surface area contributed by atoms with Gasteiger partial charge in [0.25, 0.3) is 0 Å². The fraction of sp³-hybridized carbons (Fsp3) is 0.227. The Balaban J connectivity index is 2.05. The molecule has 3 aromatic rings. The molecule has 2 heterocycles. The zero-order valence-corrected chi connectivity index (χ0v) is 19.2. The van der Waals surface area contributed by atoms with Crippen LogP contribution in [-0.2, 0) is 0 Å². The third-order valence-electron chi connectivity index (χ3n) is 4.39. The minimum atomic E-state index is -1.14. The Morgan fingerprint density at radius 1 is 1.06 bits per heavy atom. The van der Waals surface area contributed by atoms with E-state index >= 15 is 0 Å². The number of nitrogens with zero attached hydrogens (tertiary/aromatic N) is 3. The van der Waals surface area contributed by atoms with E-state index in [9.17, 15) is 9.90 Å². The minimum Gasteiger partial charge on any atom is -0.492 e. The molecule has 0 radical (unpaired) electrons. The molecule has 0 amide bonds. The molecule has 0 aliphatic carbocycles. The molecule has 162 valence electrons. The summed E-state index contributed by atoms with van der Waals surface area (Å²) >= 11 is 18.6. The second-order valence-electron chi connectivity index (χ2n) is 7.03. The van der Waals surface area contributed by atoms with Crippen LogP contribution in [0.3, 0.4) is 0 Å². The fourth-order valence-corrected chi connectivity index (χ4v) is 3.58. The highest BCUT2D eigenvalue weighted by Gasteiger charge is 2.18. The molecule has 0 saturated heterocycles. The monoisotopic (exact) mass is 479 g/mol. The number of ether oxygens (including phenoxy) is 1. The van der Waals surface area contributed by atoms with Crippen molar-refractivity contribution in [2.45, 2.75) is 6.42 Å². The summed E-state index contributed by atoms with van der Waals surface area (Å²) in [5, 5.41) is 10.6. The first kappa shape index (κ1) is 23.3. The van der Waals surface area contributed by atoms with Gasteiger partial charge in [0.1, 0.15) is 11.4 Å². The number of hydrogen-bond acceptors (Lipinski definition) is 5. The van der Waals surface area contributed by atoms with Gasteiger partial charge in [0.05, 0.1) is 33.1 Å². The molecule has 6 nitrogen and oxygen atoms in total. The van der Waals surface area contributed by atoms with Crippen LogP contribution in [0.5, 0.6) is 5.75 Å². The lowest BCUT2D eigenvalue weighted by Gasteiger charge is -2.14. The standard InChI is InChI=1S/C22H20Cl3N3O3/c1-28(2)8-3-9-31-19-10-13(4-6-16(19)24)20-15(5-7-18(27-20)22(29)30)21-17(25)11-14(23)12-26-21/h4-7,10-12H,3,8-9H2,1-2H3,(H,29,30). The lowest BCUT2D eigenvalue weighted by Crippen LogP contribution is -2.15. The van der Waals surface area contributed by atoms with Crippen molar-refractivity contribution in [3.05, 3.63) is 63.4 Å². The number of aromatic carboxylic acids is 1. The van der Waals surface area contributed by atoms with E-state index < -0.39 is 5.97 Å². The second-order valence-corrected chi connectivity index (χ2v) is 8.28. The number of benzene rings is 1. The predicted molar refractivity (Wildman–Crippen MR) is 124 cm³/mol. The van der Waals surface area contributed by atoms with E-state index in [1.165, 1.54) is 12.3 Å². The van der Waals surface area contributed by atoms with Crippen LogP contribution in [0.4, 0.5) is 0 Å². The summed E-state index contributed by atoms with van der Waals surface area (Å²) in [6.45, 7) is 1.37. The first-order valence-electron chi connectivity index (χ1n) is 9.39. The van der Waals surface area contributed by atoms with Crippen LogP contribution in [0.1, 0.15) is 16.9 Å². The third kappa shape index (κ3) is 5.86. The Bertz CT molecular complexity index is 1110. The third-order valence-corrected chi connectivity index (χ3v) is 5.20. The smallest absolute Gasteiger partial charge is 0.354 e. The van der Waals surface area contributed by atoms with E-state index in [1.807, 2.05) is 14.1 Å². The Morgan fingerprint density at radius 3 is 2.52 bits per heavy atom. The molecule has 31 heavy (non-hydrogen) atoms. The SMILES string of the molecule is CN(C)CCCOc1cc(-c2nc(C(=O)O)ccc2-c2ncc(Cl)cc2Cl)ccc1Cl. The van der Waals surface area contributed by atoms with Gasteiger partial charge in [-0.3, -0.25) is 4.98 Å². The maximum absolute atomic E-state index is 11.5. The van der Waals surface area contributed by atoms with Crippen LogP contribution in [0.25, 0.3) is 22.5 Å². The van der Waals surface area contributed by atoms with Crippen LogP contribution in [0.15, 0.2) is 42.6 Å². The first-order chi connectivity index (χ1) is 14.8. The van der Waals surface area contributed by atoms with Gasteiger partial charge in [-0.1, -0.05) is 40.9 Å². The van der Waals surface area contributed by atoms with Crippen molar-refractivity contribution >= 4 is 40.8 Å². The summed E-state index contributed by atoms with van der Waals surface area (Å²) in [6, 6.07) is 9.77.